The molecule has 0 aliphatic carbocycles. The molecule has 25 heavy (non-hydrogen) atoms. The van der Waals surface area contributed by atoms with E-state index in [1.807, 2.05) is 23.1 Å². The molecule has 2 aliphatic rings. The van der Waals surface area contributed by atoms with Crippen molar-refractivity contribution in [2.75, 3.05) is 32.7 Å². The largest absolute Gasteiger partial charge is 0.373 e. The smallest absolute Gasteiger partial charge is 0.317 e. The highest BCUT2D eigenvalue weighted by molar-refractivity contribution is 5.74. The van der Waals surface area contributed by atoms with Crippen LogP contribution < -0.4 is 5.32 Å². The summed E-state index contributed by atoms with van der Waals surface area (Å²) in [6.45, 7) is 7.50. The highest BCUT2D eigenvalue weighted by atomic mass is 16.5. The Morgan fingerprint density at radius 2 is 1.84 bits per heavy atom. The number of amides is 2. The second kappa shape index (κ2) is 9.20. The average molecular weight is 345 g/mol. The summed E-state index contributed by atoms with van der Waals surface area (Å²) in [5.41, 5.74) is 1.21. The number of piperidine rings is 1. The summed E-state index contributed by atoms with van der Waals surface area (Å²) in [4.78, 5) is 16.8. The maximum Gasteiger partial charge on any atom is 0.317 e. The molecule has 3 rings (SSSR count). The molecule has 1 aromatic rings. The zero-order valence-corrected chi connectivity index (χ0v) is 15.3. The van der Waals surface area contributed by atoms with Crippen LogP contribution in [0.1, 0.15) is 38.2 Å². The van der Waals surface area contributed by atoms with Crippen LogP contribution in [-0.4, -0.2) is 60.7 Å². The van der Waals surface area contributed by atoms with E-state index >= 15 is 0 Å². The minimum atomic E-state index is 0.0764. The van der Waals surface area contributed by atoms with Crippen LogP contribution in [0.25, 0.3) is 0 Å². The van der Waals surface area contributed by atoms with Gasteiger partial charge in [0.1, 0.15) is 0 Å². The first-order valence-corrected chi connectivity index (χ1v) is 9.65. The lowest BCUT2D eigenvalue weighted by atomic mass is 10.1. The molecule has 2 aliphatic heterocycles. The Bertz CT molecular complexity index is 523. The lowest BCUT2D eigenvalue weighted by molar-refractivity contribution is 0.00438. The second-order valence-electron chi connectivity index (χ2n) is 7.26. The van der Waals surface area contributed by atoms with E-state index in [0.29, 0.717) is 12.6 Å². The van der Waals surface area contributed by atoms with Crippen LogP contribution in [0, 0.1) is 0 Å². The van der Waals surface area contributed by atoms with Gasteiger partial charge in [-0.1, -0.05) is 30.3 Å². The summed E-state index contributed by atoms with van der Waals surface area (Å²) in [7, 11) is 0. The molecule has 1 N–H and O–H groups in total. The molecule has 1 aromatic carbocycles. The lowest BCUT2D eigenvalue weighted by Crippen LogP contribution is -2.49. The summed E-state index contributed by atoms with van der Waals surface area (Å²) in [6, 6.07) is 10.8. The molecule has 2 amide bonds. The predicted molar refractivity (Wildman–Crippen MR) is 99.5 cm³/mol. The van der Waals surface area contributed by atoms with E-state index in [2.05, 4.69) is 29.3 Å². The van der Waals surface area contributed by atoms with Crippen molar-refractivity contribution >= 4 is 6.03 Å². The fraction of sp³-hybridized carbons (Fsp3) is 0.650. The number of carbonyl (C=O) groups is 1. The molecule has 138 valence electrons. The van der Waals surface area contributed by atoms with Crippen molar-refractivity contribution in [1.29, 1.82) is 0 Å². The van der Waals surface area contributed by atoms with Crippen molar-refractivity contribution in [2.45, 2.75) is 51.4 Å². The van der Waals surface area contributed by atoms with Gasteiger partial charge in [0.2, 0.25) is 0 Å². The van der Waals surface area contributed by atoms with Gasteiger partial charge in [-0.2, -0.15) is 0 Å². The van der Waals surface area contributed by atoms with E-state index in [-0.39, 0.29) is 12.1 Å². The molecule has 1 atom stereocenters. The third-order valence-corrected chi connectivity index (χ3v) is 5.37. The number of carbonyl (C=O) groups excluding carboxylic acids is 1. The Kier molecular flexibility index (Phi) is 6.70. The van der Waals surface area contributed by atoms with Crippen LogP contribution in [0.5, 0.6) is 0 Å². The number of hydrogen-bond donors (Lipinski definition) is 1. The normalized spacial score (nSPS) is 20.6. The minimum Gasteiger partial charge on any atom is -0.373 e. The number of ether oxygens (including phenoxy) is 1. The minimum absolute atomic E-state index is 0.0764. The molecule has 0 saturated carbocycles. The molecule has 0 aromatic heterocycles. The number of nitrogens with zero attached hydrogens (tertiary/aromatic N) is 2. The first-order chi connectivity index (χ1) is 12.2. The van der Waals surface area contributed by atoms with E-state index in [9.17, 15) is 4.79 Å². The van der Waals surface area contributed by atoms with Gasteiger partial charge in [-0.3, -0.25) is 4.90 Å². The maximum absolute atomic E-state index is 12.4. The molecular weight excluding hydrogens is 314 g/mol. The SMILES string of the molecule is C[C@H](CNC(=O)N1CCC(OCc2ccccc2)CC1)N1CCCC1. The molecule has 5 heteroatoms. The molecule has 0 radical (unpaired) electrons. The Hall–Kier alpha value is -1.59. The van der Waals surface area contributed by atoms with Crippen molar-refractivity contribution in [3.63, 3.8) is 0 Å². The Morgan fingerprint density at radius 3 is 2.52 bits per heavy atom. The molecule has 0 bridgehead atoms. The Balaban J connectivity index is 1.33. The first-order valence-electron chi connectivity index (χ1n) is 9.65. The topological polar surface area (TPSA) is 44.8 Å². The average Bonchev–Trinajstić information content (AvgIpc) is 3.20. The number of urea groups is 1. The van der Waals surface area contributed by atoms with Crippen LogP contribution in [0.2, 0.25) is 0 Å². The summed E-state index contributed by atoms with van der Waals surface area (Å²) in [5.74, 6) is 0. The number of hydrogen-bond acceptors (Lipinski definition) is 3. The van der Waals surface area contributed by atoms with Gasteiger partial charge < -0.3 is 15.0 Å². The predicted octanol–water partition coefficient (Wildman–Crippen LogP) is 2.86. The number of likely N-dealkylation sites (tertiary alicyclic amines) is 2. The van der Waals surface area contributed by atoms with E-state index in [0.717, 1.165) is 32.5 Å². The number of rotatable bonds is 6. The van der Waals surface area contributed by atoms with Gasteiger partial charge in [-0.25, -0.2) is 4.79 Å². The second-order valence-corrected chi connectivity index (χ2v) is 7.26. The molecule has 5 nitrogen and oxygen atoms in total. The molecule has 2 saturated heterocycles. The third-order valence-electron chi connectivity index (χ3n) is 5.37. The van der Waals surface area contributed by atoms with Gasteiger partial charge in [0.15, 0.2) is 0 Å². The van der Waals surface area contributed by atoms with Gasteiger partial charge in [0.05, 0.1) is 12.7 Å². The summed E-state index contributed by atoms with van der Waals surface area (Å²) in [6.07, 6.45) is 4.67. The van der Waals surface area contributed by atoms with E-state index in [1.165, 1.54) is 31.5 Å². The highest BCUT2D eigenvalue weighted by Crippen LogP contribution is 2.16. The van der Waals surface area contributed by atoms with E-state index in [4.69, 9.17) is 4.74 Å². The molecule has 0 unspecified atom stereocenters. The van der Waals surface area contributed by atoms with Gasteiger partial charge in [-0.05, 0) is 51.3 Å². The quantitative estimate of drug-likeness (QED) is 0.862. The lowest BCUT2D eigenvalue weighted by Gasteiger charge is -2.33. The third kappa shape index (κ3) is 5.44. The van der Waals surface area contributed by atoms with Gasteiger partial charge in [-0.15, -0.1) is 0 Å². The van der Waals surface area contributed by atoms with Crippen molar-refractivity contribution < 1.29 is 9.53 Å². The van der Waals surface area contributed by atoms with Crippen LogP contribution in [0.4, 0.5) is 4.79 Å². The molecule has 0 spiro atoms. The van der Waals surface area contributed by atoms with Crippen LogP contribution in [0.15, 0.2) is 30.3 Å². The number of benzene rings is 1. The number of nitrogens with one attached hydrogen (secondary N) is 1. The zero-order valence-electron chi connectivity index (χ0n) is 15.3. The monoisotopic (exact) mass is 345 g/mol. The van der Waals surface area contributed by atoms with Crippen molar-refractivity contribution in [1.82, 2.24) is 15.1 Å². The fourth-order valence-electron chi connectivity index (χ4n) is 3.67. The summed E-state index contributed by atoms with van der Waals surface area (Å²) in [5, 5.41) is 3.11. The Morgan fingerprint density at radius 1 is 1.16 bits per heavy atom. The standard InChI is InChI=1S/C20H31N3O2/c1-17(22-11-5-6-12-22)15-21-20(24)23-13-9-19(10-14-23)25-16-18-7-3-2-4-8-18/h2-4,7-8,17,19H,5-6,9-16H2,1H3,(H,21,24)/t17-/m1/s1. The van der Waals surface area contributed by atoms with Crippen molar-refractivity contribution in [3.8, 4) is 0 Å². The van der Waals surface area contributed by atoms with Gasteiger partial charge in [0.25, 0.3) is 0 Å². The summed E-state index contributed by atoms with van der Waals surface area (Å²) >= 11 is 0. The van der Waals surface area contributed by atoms with Crippen molar-refractivity contribution in [2.24, 2.45) is 0 Å². The molecule has 2 fully saturated rings. The van der Waals surface area contributed by atoms with Gasteiger partial charge in [0, 0.05) is 25.7 Å². The van der Waals surface area contributed by atoms with E-state index in [1.54, 1.807) is 0 Å². The highest BCUT2D eigenvalue weighted by Gasteiger charge is 2.24. The fourth-order valence-corrected chi connectivity index (χ4v) is 3.67. The molecular formula is C20H31N3O2. The van der Waals surface area contributed by atoms with Crippen molar-refractivity contribution in [3.05, 3.63) is 35.9 Å². The van der Waals surface area contributed by atoms with E-state index < -0.39 is 0 Å². The summed E-state index contributed by atoms with van der Waals surface area (Å²) < 4.78 is 6.00. The van der Waals surface area contributed by atoms with Crippen LogP contribution in [0.3, 0.4) is 0 Å². The van der Waals surface area contributed by atoms with Crippen LogP contribution >= 0.6 is 0 Å². The van der Waals surface area contributed by atoms with Crippen LogP contribution in [-0.2, 0) is 11.3 Å². The maximum atomic E-state index is 12.4. The Labute approximate surface area is 151 Å². The van der Waals surface area contributed by atoms with Gasteiger partial charge >= 0.3 is 6.03 Å². The first kappa shape index (κ1) is 18.2. The zero-order chi connectivity index (χ0) is 17.5. The molecule has 2 heterocycles.